The van der Waals surface area contributed by atoms with Crippen LogP contribution >= 0.6 is 11.8 Å². The van der Waals surface area contributed by atoms with Crippen molar-refractivity contribution in [3.05, 3.63) is 27.7 Å². The lowest BCUT2D eigenvalue weighted by atomic mass is 10.1. The van der Waals surface area contributed by atoms with E-state index in [0.29, 0.717) is 6.54 Å². The van der Waals surface area contributed by atoms with Crippen molar-refractivity contribution in [2.45, 2.75) is 44.0 Å². The monoisotopic (exact) mass is 405 g/mol. The highest BCUT2D eigenvalue weighted by Gasteiger charge is 2.32. The lowest BCUT2D eigenvalue weighted by Crippen LogP contribution is -2.55. The van der Waals surface area contributed by atoms with Crippen molar-refractivity contribution in [2.75, 3.05) is 52.1 Å². The van der Waals surface area contributed by atoms with Crippen LogP contribution in [0.4, 0.5) is 0 Å². The lowest BCUT2D eigenvalue weighted by molar-refractivity contribution is -0.135. The molecule has 0 bridgehead atoms. The molecule has 2 fully saturated rings. The van der Waals surface area contributed by atoms with E-state index in [1.807, 2.05) is 23.7 Å². The molecule has 28 heavy (non-hydrogen) atoms. The number of hydrogen-bond donors (Lipinski definition) is 0. The van der Waals surface area contributed by atoms with Gasteiger partial charge in [0.2, 0.25) is 5.91 Å². The second-order valence-corrected chi connectivity index (χ2v) is 9.23. The quantitative estimate of drug-likeness (QED) is 0.734. The Morgan fingerprint density at radius 3 is 2.75 bits per heavy atom. The van der Waals surface area contributed by atoms with E-state index < -0.39 is 0 Å². The number of aromatic nitrogens is 2. The number of amides is 1. The first-order chi connectivity index (χ1) is 13.6. The Kier molecular flexibility index (Phi) is 6.38. The van der Waals surface area contributed by atoms with Crippen molar-refractivity contribution in [3.8, 4) is 0 Å². The SMILES string of the molecule is CN1CCCCC(N2CCN(CCn3nc4c(cc3=O)CSCC4)CC2)C1=O. The molecule has 1 aromatic rings. The van der Waals surface area contributed by atoms with Gasteiger partial charge >= 0.3 is 0 Å². The molecule has 3 aliphatic heterocycles. The van der Waals surface area contributed by atoms with E-state index in [0.717, 1.165) is 87.7 Å². The standard InChI is InChI=1S/C20H31N5O2S/c1-22-6-3-2-4-18(20(22)27)24-10-7-23(8-11-24)9-12-25-19(26)14-16-15-28-13-5-17(16)21-25/h14,18H,2-13,15H2,1H3. The van der Waals surface area contributed by atoms with Gasteiger partial charge in [-0.05, 0) is 30.6 Å². The molecule has 8 heteroatoms. The number of rotatable bonds is 4. The zero-order valence-corrected chi connectivity index (χ0v) is 17.6. The van der Waals surface area contributed by atoms with Crippen LogP contribution in [0.15, 0.2) is 10.9 Å². The van der Waals surface area contributed by atoms with Gasteiger partial charge in [-0.2, -0.15) is 16.9 Å². The fourth-order valence-electron chi connectivity index (χ4n) is 4.46. The zero-order valence-electron chi connectivity index (χ0n) is 16.8. The fraction of sp³-hybridized carbons (Fsp3) is 0.750. The Hall–Kier alpha value is -1.38. The van der Waals surface area contributed by atoms with Gasteiger partial charge in [0.1, 0.15) is 0 Å². The van der Waals surface area contributed by atoms with E-state index in [4.69, 9.17) is 0 Å². The molecule has 0 spiro atoms. The van der Waals surface area contributed by atoms with E-state index in [2.05, 4.69) is 14.9 Å². The molecule has 0 saturated carbocycles. The maximum absolute atomic E-state index is 12.6. The van der Waals surface area contributed by atoms with Gasteiger partial charge < -0.3 is 4.90 Å². The summed E-state index contributed by atoms with van der Waals surface area (Å²) in [7, 11) is 1.93. The minimum atomic E-state index is 0.0203. The van der Waals surface area contributed by atoms with Crippen molar-refractivity contribution in [1.82, 2.24) is 24.5 Å². The Labute approximate surface area is 171 Å². The van der Waals surface area contributed by atoms with Crippen molar-refractivity contribution in [1.29, 1.82) is 0 Å². The van der Waals surface area contributed by atoms with Crippen molar-refractivity contribution in [2.24, 2.45) is 0 Å². The Morgan fingerprint density at radius 2 is 1.93 bits per heavy atom. The maximum Gasteiger partial charge on any atom is 0.267 e. The number of likely N-dealkylation sites (tertiary alicyclic amines) is 1. The molecule has 0 N–H and O–H groups in total. The molecular formula is C20H31N5O2S. The summed E-state index contributed by atoms with van der Waals surface area (Å²) in [4.78, 5) is 31.6. The van der Waals surface area contributed by atoms with Crippen LogP contribution in [0.1, 0.15) is 30.5 Å². The van der Waals surface area contributed by atoms with E-state index in [1.54, 1.807) is 10.7 Å². The van der Waals surface area contributed by atoms with Crippen LogP contribution in [-0.4, -0.2) is 88.5 Å². The van der Waals surface area contributed by atoms with Gasteiger partial charge in [-0.3, -0.25) is 19.4 Å². The number of fused-ring (bicyclic) bond motifs is 1. The first-order valence-corrected chi connectivity index (χ1v) is 11.7. The van der Waals surface area contributed by atoms with Crippen LogP contribution in [0.5, 0.6) is 0 Å². The molecule has 0 radical (unpaired) electrons. The van der Waals surface area contributed by atoms with Gasteiger partial charge in [0.15, 0.2) is 0 Å². The minimum absolute atomic E-state index is 0.0203. The van der Waals surface area contributed by atoms with Crippen LogP contribution < -0.4 is 5.56 Å². The summed E-state index contributed by atoms with van der Waals surface area (Å²) in [6, 6.07) is 1.83. The van der Waals surface area contributed by atoms with Gasteiger partial charge in [-0.15, -0.1) is 0 Å². The second kappa shape index (κ2) is 8.97. The summed E-state index contributed by atoms with van der Waals surface area (Å²) in [5.41, 5.74) is 2.23. The molecular weight excluding hydrogens is 374 g/mol. The largest absolute Gasteiger partial charge is 0.344 e. The van der Waals surface area contributed by atoms with Gasteiger partial charge in [0, 0.05) is 64.6 Å². The molecule has 154 valence electrons. The highest BCUT2D eigenvalue weighted by atomic mass is 32.2. The third-order valence-electron chi connectivity index (χ3n) is 6.26. The Morgan fingerprint density at radius 1 is 1.11 bits per heavy atom. The highest BCUT2D eigenvalue weighted by Crippen LogP contribution is 2.21. The molecule has 4 heterocycles. The summed E-state index contributed by atoms with van der Waals surface area (Å²) in [5, 5.41) is 4.62. The molecule has 1 amide bonds. The van der Waals surface area contributed by atoms with Crippen LogP contribution in [-0.2, 0) is 23.5 Å². The lowest BCUT2D eigenvalue weighted by Gasteiger charge is -2.39. The third kappa shape index (κ3) is 4.44. The average molecular weight is 406 g/mol. The summed E-state index contributed by atoms with van der Waals surface area (Å²) in [6.45, 7) is 6.11. The Bertz CT molecular complexity index is 759. The number of hydrogen-bond acceptors (Lipinski definition) is 6. The van der Waals surface area contributed by atoms with Crippen molar-refractivity contribution >= 4 is 17.7 Å². The van der Waals surface area contributed by atoms with Gasteiger partial charge in [0.05, 0.1) is 18.3 Å². The molecule has 0 aliphatic carbocycles. The zero-order chi connectivity index (χ0) is 19.5. The van der Waals surface area contributed by atoms with Crippen molar-refractivity contribution < 1.29 is 4.79 Å². The fourth-order valence-corrected chi connectivity index (χ4v) is 5.41. The van der Waals surface area contributed by atoms with Crippen LogP contribution in [0.25, 0.3) is 0 Å². The van der Waals surface area contributed by atoms with E-state index in [9.17, 15) is 9.59 Å². The topological polar surface area (TPSA) is 61.7 Å². The Balaban J connectivity index is 1.30. The van der Waals surface area contributed by atoms with Gasteiger partial charge in [0.25, 0.3) is 5.56 Å². The molecule has 0 aromatic carbocycles. The third-order valence-corrected chi connectivity index (χ3v) is 7.27. The molecule has 1 unspecified atom stereocenters. The maximum atomic E-state index is 12.6. The molecule has 1 aromatic heterocycles. The van der Waals surface area contributed by atoms with E-state index in [-0.39, 0.29) is 17.5 Å². The number of nitrogens with zero attached hydrogens (tertiary/aromatic N) is 5. The van der Waals surface area contributed by atoms with Gasteiger partial charge in [-0.1, -0.05) is 0 Å². The number of aryl methyl sites for hydroxylation is 1. The molecule has 1 atom stereocenters. The van der Waals surface area contributed by atoms with E-state index >= 15 is 0 Å². The summed E-state index contributed by atoms with van der Waals surface area (Å²) < 4.78 is 1.64. The molecule has 7 nitrogen and oxygen atoms in total. The number of carbonyl (C=O) groups excluding carboxylic acids is 1. The van der Waals surface area contributed by atoms with Crippen LogP contribution in [0.3, 0.4) is 0 Å². The predicted octanol–water partition coefficient (Wildman–Crippen LogP) is 0.661. The number of carbonyl (C=O) groups is 1. The second-order valence-electron chi connectivity index (χ2n) is 8.13. The summed E-state index contributed by atoms with van der Waals surface area (Å²) >= 11 is 1.87. The van der Waals surface area contributed by atoms with Crippen LogP contribution in [0.2, 0.25) is 0 Å². The molecule has 2 saturated heterocycles. The first kappa shape index (κ1) is 19.9. The first-order valence-electron chi connectivity index (χ1n) is 10.5. The molecule has 3 aliphatic rings. The number of likely N-dealkylation sites (N-methyl/N-ethyl adjacent to an activating group) is 1. The van der Waals surface area contributed by atoms with Crippen LogP contribution in [0, 0.1) is 0 Å². The minimum Gasteiger partial charge on any atom is -0.344 e. The smallest absolute Gasteiger partial charge is 0.267 e. The molecule has 4 rings (SSSR count). The van der Waals surface area contributed by atoms with Crippen molar-refractivity contribution in [3.63, 3.8) is 0 Å². The number of thioether (sulfide) groups is 1. The summed E-state index contributed by atoms with van der Waals surface area (Å²) in [6.07, 6.45) is 4.19. The van der Waals surface area contributed by atoms with Gasteiger partial charge in [-0.25, -0.2) is 4.68 Å². The average Bonchev–Trinajstić information content (AvgIpc) is 2.88. The summed E-state index contributed by atoms with van der Waals surface area (Å²) in [5.74, 6) is 2.29. The van der Waals surface area contributed by atoms with E-state index in [1.165, 1.54) is 0 Å². The normalized spacial score (nSPS) is 24.8. The predicted molar refractivity (Wildman–Crippen MR) is 112 cm³/mol. The highest BCUT2D eigenvalue weighted by molar-refractivity contribution is 7.98. The number of piperazine rings is 1.